The van der Waals surface area contributed by atoms with E-state index in [2.05, 4.69) is 39.8 Å². The molecular formula is C18H25N5O. The van der Waals surface area contributed by atoms with Gasteiger partial charge in [-0.3, -0.25) is 9.89 Å². The van der Waals surface area contributed by atoms with E-state index in [0.29, 0.717) is 17.7 Å². The smallest absolute Gasteiger partial charge is 0.274 e. The summed E-state index contributed by atoms with van der Waals surface area (Å²) in [7, 11) is 0. The second-order valence-electron chi connectivity index (χ2n) is 7.28. The number of carbonyl (C=O) groups excluding carboxylic acids is 1. The summed E-state index contributed by atoms with van der Waals surface area (Å²) in [6.07, 6.45) is 9.17. The number of rotatable bonds is 3. The van der Waals surface area contributed by atoms with Crippen molar-refractivity contribution in [3.05, 3.63) is 35.2 Å². The zero-order valence-electron chi connectivity index (χ0n) is 14.5. The third kappa shape index (κ3) is 2.54. The van der Waals surface area contributed by atoms with Crippen molar-refractivity contribution in [2.45, 2.75) is 57.9 Å². The van der Waals surface area contributed by atoms with E-state index < -0.39 is 0 Å². The van der Waals surface area contributed by atoms with Gasteiger partial charge in [-0.15, -0.1) is 0 Å². The predicted octanol–water partition coefficient (Wildman–Crippen LogP) is 2.70. The summed E-state index contributed by atoms with van der Waals surface area (Å²) in [4.78, 5) is 19.5. The Morgan fingerprint density at radius 1 is 1.33 bits per heavy atom. The van der Waals surface area contributed by atoms with E-state index in [1.165, 1.54) is 0 Å². The normalized spacial score (nSPS) is 20.6. The molecule has 1 aliphatic heterocycles. The summed E-state index contributed by atoms with van der Waals surface area (Å²) in [5, 5.41) is 7.37. The zero-order valence-corrected chi connectivity index (χ0v) is 14.5. The van der Waals surface area contributed by atoms with Gasteiger partial charge >= 0.3 is 0 Å². The van der Waals surface area contributed by atoms with Gasteiger partial charge in [-0.1, -0.05) is 13.8 Å². The van der Waals surface area contributed by atoms with Crippen LogP contribution in [-0.2, 0) is 12.8 Å². The fourth-order valence-corrected chi connectivity index (χ4v) is 4.09. The lowest BCUT2D eigenvalue weighted by molar-refractivity contribution is 0.0670. The SMILES string of the molecule is CC(C)c1nccn1[C@H]1CCCN(C(=O)c2n[nH]c3c2CCC3)C1. The number of likely N-dealkylation sites (tertiary alicyclic amines) is 1. The van der Waals surface area contributed by atoms with Crippen LogP contribution in [0.4, 0.5) is 0 Å². The number of fused-ring (bicyclic) bond motifs is 1. The minimum absolute atomic E-state index is 0.0883. The molecule has 0 radical (unpaired) electrons. The standard InChI is InChI=1S/C18H25N5O/c1-12(2)17-19-8-10-23(17)13-5-4-9-22(11-13)18(24)16-14-6-3-7-15(14)20-21-16/h8,10,12-13H,3-7,9,11H2,1-2H3,(H,20,21)/t13-/m0/s1. The molecular weight excluding hydrogens is 302 g/mol. The first-order valence-electron chi connectivity index (χ1n) is 9.03. The number of carbonyl (C=O) groups is 1. The van der Waals surface area contributed by atoms with Gasteiger partial charge in [-0.25, -0.2) is 4.98 Å². The fraction of sp³-hybridized carbons (Fsp3) is 0.611. The summed E-state index contributed by atoms with van der Waals surface area (Å²) < 4.78 is 2.26. The van der Waals surface area contributed by atoms with Gasteiger partial charge in [0.25, 0.3) is 5.91 Å². The molecule has 0 unspecified atom stereocenters. The average Bonchev–Trinajstić information content (AvgIpc) is 3.30. The maximum atomic E-state index is 13.0. The molecule has 3 heterocycles. The number of amides is 1. The van der Waals surface area contributed by atoms with Gasteiger partial charge < -0.3 is 9.47 Å². The Hall–Kier alpha value is -2.11. The molecule has 0 saturated carbocycles. The monoisotopic (exact) mass is 327 g/mol. The lowest BCUT2D eigenvalue weighted by Crippen LogP contribution is -2.41. The molecule has 1 saturated heterocycles. The minimum atomic E-state index is 0.0883. The van der Waals surface area contributed by atoms with Gasteiger partial charge in [0, 0.05) is 42.7 Å². The average molecular weight is 327 g/mol. The molecule has 1 aliphatic carbocycles. The predicted molar refractivity (Wildman–Crippen MR) is 91.1 cm³/mol. The van der Waals surface area contributed by atoms with Crippen molar-refractivity contribution in [1.29, 1.82) is 0 Å². The van der Waals surface area contributed by atoms with Gasteiger partial charge in [0.05, 0.1) is 6.04 Å². The van der Waals surface area contributed by atoms with Crippen LogP contribution in [0.5, 0.6) is 0 Å². The van der Waals surface area contributed by atoms with Crippen molar-refractivity contribution in [2.24, 2.45) is 0 Å². The number of hydrogen-bond donors (Lipinski definition) is 1. The molecule has 2 aromatic heterocycles. The molecule has 6 heteroatoms. The van der Waals surface area contributed by atoms with E-state index in [-0.39, 0.29) is 5.91 Å². The molecule has 0 bridgehead atoms. The lowest BCUT2D eigenvalue weighted by Gasteiger charge is -2.34. The number of H-pyrrole nitrogens is 1. The third-order valence-corrected chi connectivity index (χ3v) is 5.30. The van der Waals surface area contributed by atoms with Crippen molar-refractivity contribution in [1.82, 2.24) is 24.6 Å². The molecule has 128 valence electrons. The summed E-state index contributed by atoms with van der Waals surface area (Å²) in [6, 6.07) is 0.314. The topological polar surface area (TPSA) is 66.8 Å². The Labute approximate surface area is 142 Å². The van der Waals surface area contributed by atoms with Crippen LogP contribution in [-0.4, -0.2) is 43.6 Å². The zero-order chi connectivity index (χ0) is 16.7. The maximum Gasteiger partial charge on any atom is 0.274 e. The summed E-state index contributed by atoms with van der Waals surface area (Å²) in [5.41, 5.74) is 2.95. The van der Waals surface area contributed by atoms with Crippen LogP contribution in [0, 0.1) is 0 Å². The molecule has 1 fully saturated rings. The highest BCUT2D eigenvalue weighted by molar-refractivity contribution is 5.94. The Bertz CT molecular complexity index is 744. The summed E-state index contributed by atoms with van der Waals surface area (Å²) in [6.45, 7) is 5.90. The number of piperidine rings is 1. The fourth-order valence-electron chi connectivity index (χ4n) is 4.09. The van der Waals surface area contributed by atoms with Crippen molar-refractivity contribution >= 4 is 5.91 Å². The Kier molecular flexibility index (Phi) is 3.90. The number of hydrogen-bond acceptors (Lipinski definition) is 3. The molecule has 1 N–H and O–H groups in total. The minimum Gasteiger partial charge on any atom is -0.335 e. The molecule has 6 nitrogen and oxygen atoms in total. The number of imidazole rings is 1. The van der Waals surface area contributed by atoms with Gasteiger partial charge in [-0.2, -0.15) is 5.10 Å². The van der Waals surface area contributed by atoms with Crippen LogP contribution in [0.1, 0.15) is 72.6 Å². The van der Waals surface area contributed by atoms with E-state index in [1.807, 2.05) is 11.1 Å². The highest BCUT2D eigenvalue weighted by Crippen LogP contribution is 2.28. The summed E-state index contributed by atoms with van der Waals surface area (Å²) >= 11 is 0. The first-order valence-corrected chi connectivity index (χ1v) is 9.03. The Morgan fingerprint density at radius 3 is 3.04 bits per heavy atom. The third-order valence-electron chi connectivity index (χ3n) is 5.30. The van der Waals surface area contributed by atoms with E-state index >= 15 is 0 Å². The number of aromatic amines is 1. The number of nitrogens with one attached hydrogen (secondary N) is 1. The van der Waals surface area contributed by atoms with Gasteiger partial charge in [0.2, 0.25) is 0 Å². The maximum absolute atomic E-state index is 13.0. The molecule has 2 aromatic rings. The van der Waals surface area contributed by atoms with E-state index in [0.717, 1.165) is 62.3 Å². The van der Waals surface area contributed by atoms with Gasteiger partial charge in [0.1, 0.15) is 5.82 Å². The van der Waals surface area contributed by atoms with Crippen LogP contribution in [0.2, 0.25) is 0 Å². The molecule has 0 aromatic carbocycles. The van der Waals surface area contributed by atoms with Gasteiger partial charge in [-0.05, 0) is 32.1 Å². The second-order valence-corrected chi connectivity index (χ2v) is 7.28. The Balaban J connectivity index is 1.54. The second kappa shape index (κ2) is 6.07. The van der Waals surface area contributed by atoms with Crippen molar-refractivity contribution in [3.8, 4) is 0 Å². The largest absolute Gasteiger partial charge is 0.335 e. The van der Waals surface area contributed by atoms with E-state index in [4.69, 9.17) is 0 Å². The molecule has 2 aliphatic rings. The molecule has 24 heavy (non-hydrogen) atoms. The number of aromatic nitrogens is 4. The van der Waals surface area contributed by atoms with Crippen LogP contribution < -0.4 is 0 Å². The lowest BCUT2D eigenvalue weighted by atomic mass is 10.0. The quantitative estimate of drug-likeness (QED) is 0.942. The number of aryl methyl sites for hydroxylation is 1. The van der Waals surface area contributed by atoms with Crippen molar-refractivity contribution < 1.29 is 4.79 Å². The highest BCUT2D eigenvalue weighted by atomic mass is 16.2. The van der Waals surface area contributed by atoms with Crippen LogP contribution >= 0.6 is 0 Å². The van der Waals surface area contributed by atoms with Crippen LogP contribution in [0.3, 0.4) is 0 Å². The molecule has 1 amide bonds. The molecule has 0 spiro atoms. The summed E-state index contributed by atoms with van der Waals surface area (Å²) in [5.74, 6) is 1.58. The first-order chi connectivity index (χ1) is 11.6. The first kappa shape index (κ1) is 15.4. The number of nitrogens with zero attached hydrogens (tertiary/aromatic N) is 4. The molecule has 4 rings (SSSR count). The van der Waals surface area contributed by atoms with Crippen LogP contribution in [0.15, 0.2) is 12.4 Å². The van der Waals surface area contributed by atoms with E-state index in [1.54, 1.807) is 0 Å². The van der Waals surface area contributed by atoms with Crippen molar-refractivity contribution in [3.63, 3.8) is 0 Å². The highest BCUT2D eigenvalue weighted by Gasteiger charge is 2.31. The van der Waals surface area contributed by atoms with Crippen LogP contribution in [0.25, 0.3) is 0 Å². The van der Waals surface area contributed by atoms with Crippen molar-refractivity contribution in [2.75, 3.05) is 13.1 Å². The Morgan fingerprint density at radius 2 is 2.21 bits per heavy atom. The van der Waals surface area contributed by atoms with Gasteiger partial charge in [0.15, 0.2) is 5.69 Å². The van der Waals surface area contributed by atoms with E-state index in [9.17, 15) is 4.79 Å². The molecule has 1 atom stereocenters.